The van der Waals surface area contributed by atoms with Crippen molar-refractivity contribution in [1.82, 2.24) is 19.7 Å². The zero-order valence-corrected chi connectivity index (χ0v) is 17.2. The van der Waals surface area contributed by atoms with Gasteiger partial charge in [0.15, 0.2) is 0 Å². The maximum Gasteiger partial charge on any atom is 0.231 e. The number of aromatic amines is 1. The minimum atomic E-state index is -0.332. The second kappa shape index (κ2) is 8.35. The molecule has 0 atom stereocenters. The number of aromatic nitrogens is 4. The molecule has 2 N–H and O–H groups in total. The van der Waals surface area contributed by atoms with E-state index in [1.54, 1.807) is 23.0 Å². The molecule has 0 radical (unpaired) electrons. The smallest absolute Gasteiger partial charge is 0.231 e. The van der Waals surface area contributed by atoms with Gasteiger partial charge in [0.25, 0.3) is 0 Å². The van der Waals surface area contributed by atoms with Gasteiger partial charge in [-0.25, -0.2) is 14.8 Å². The molecule has 0 bridgehead atoms. The number of H-pyrrole nitrogens is 1. The van der Waals surface area contributed by atoms with Gasteiger partial charge in [0.05, 0.1) is 34.2 Å². The highest BCUT2D eigenvalue weighted by Gasteiger charge is 2.18. The van der Waals surface area contributed by atoms with Crippen LogP contribution in [-0.2, 0) is 0 Å². The summed E-state index contributed by atoms with van der Waals surface area (Å²) in [6.45, 7) is 1.87. The first-order valence-corrected chi connectivity index (χ1v) is 10.00. The molecule has 2 aromatic heterocycles. The quantitative estimate of drug-likeness (QED) is 0.280. The summed E-state index contributed by atoms with van der Waals surface area (Å²) in [5.74, 6) is 1.15. The fourth-order valence-corrected chi connectivity index (χ4v) is 3.29. The summed E-state index contributed by atoms with van der Waals surface area (Å²) >= 11 is 0. The van der Waals surface area contributed by atoms with Gasteiger partial charge in [0.1, 0.15) is 11.6 Å². The number of para-hydroxylation sites is 3. The Balaban J connectivity index is 1.49. The van der Waals surface area contributed by atoms with E-state index in [4.69, 9.17) is 4.74 Å². The molecule has 0 fully saturated rings. The predicted octanol–water partition coefficient (Wildman–Crippen LogP) is 5.43. The SMILES string of the molecule is Cc1nn(-c2ccccc2)c(Oc2ccc(F)cc2)c1/C=N\Nc1nc2ccccc2[nH]1. The first kappa shape index (κ1) is 19.5. The Morgan fingerprint density at radius 3 is 2.53 bits per heavy atom. The largest absolute Gasteiger partial charge is 0.438 e. The summed E-state index contributed by atoms with van der Waals surface area (Å²) in [7, 11) is 0. The van der Waals surface area contributed by atoms with Crippen molar-refractivity contribution in [2.45, 2.75) is 6.92 Å². The minimum Gasteiger partial charge on any atom is -0.438 e. The topological polar surface area (TPSA) is 80.1 Å². The summed E-state index contributed by atoms with van der Waals surface area (Å²) in [6.07, 6.45) is 1.63. The highest BCUT2D eigenvalue weighted by molar-refractivity contribution is 5.85. The molecule has 0 saturated heterocycles. The van der Waals surface area contributed by atoms with E-state index in [-0.39, 0.29) is 5.82 Å². The molecule has 158 valence electrons. The highest BCUT2D eigenvalue weighted by atomic mass is 19.1. The third-order valence-corrected chi connectivity index (χ3v) is 4.84. The molecule has 0 unspecified atom stereocenters. The number of hydrogen-bond donors (Lipinski definition) is 2. The van der Waals surface area contributed by atoms with Crippen molar-refractivity contribution in [1.29, 1.82) is 0 Å². The fraction of sp³-hybridized carbons (Fsp3) is 0.0417. The monoisotopic (exact) mass is 426 g/mol. The van der Waals surface area contributed by atoms with Crippen LogP contribution in [0.5, 0.6) is 11.6 Å². The Morgan fingerprint density at radius 1 is 1.00 bits per heavy atom. The molecule has 7 nitrogen and oxygen atoms in total. The number of imidazole rings is 1. The van der Waals surface area contributed by atoms with Crippen LogP contribution in [0.1, 0.15) is 11.3 Å². The normalized spacial score (nSPS) is 11.3. The van der Waals surface area contributed by atoms with Crippen LogP contribution in [-0.4, -0.2) is 26.0 Å². The molecule has 32 heavy (non-hydrogen) atoms. The fourth-order valence-electron chi connectivity index (χ4n) is 3.29. The molecule has 0 saturated carbocycles. The van der Waals surface area contributed by atoms with Crippen LogP contribution >= 0.6 is 0 Å². The molecule has 3 aromatic carbocycles. The third kappa shape index (κ3) is 3.93. The van der Waals surface area contributed by atoms with Gasteiger partial charge < -0.3 is 9.72 Å². The zero-order valence-electron chi connectivity index (χ0n) is 17.2. The number of halogens is 1. The first-order chi connectivity index (χ1) is 15.7. The van der Waals surface area contributed by atoms with Crippen molar-refractivity contribution < 1.29 is 9.13 Å². The summed E-state index contributed by atoms with van der Waals surface area (Å²) in [4.78, 5) is 7.61. The standard InChI is InChI=1S/C24H19FN6O/c1-16-20(15-26-29-24-27-21-9-5-6-10-22(21)28-24)23(32-19-13-11-17(25)12-14-19)31(30-16)18-7-3-2-4-8-18/h2-15H,1H3,(H2,27,28,29)/b26-15-. The summed E-state index contributed by atoms with van der Waals surface area (Å²) < 4.78 is 21.2. The lowest BCUT2D eigenvalue weighted by Gasteiger charge is -2.10. The molecule has 0 aliphatic rings. The van der Waals surface area contributed by atoms with Crippen molar-refractivity contribution >= 4 is 23.2 Å². The molecule has 0 spiro atoms. The average Bonchev–Trinajstić information content (AvgIpc) is 3.37. The number of hydrogen-bond acceptors (Lipinski definition) is 5. The lowest BCUT2D eigenvalue weighted by Crippen LogP contribution is -2.01. The molecule has 2 heterocycles. The number of hydrazone groups is 1. The number of rotatable bonds is 6. The van der Waals surface area contributed by atoms with Crippen molar-refractivity contribution in [3.63, 3.8) is 0 Å². The molecule has 0 aliphatic heterocycles. The number of ether oxygens (including phenoxy) is 1. The van der Waals surface area contributed by atoms with E-state index in [0.717, 1.165) is 22.4 Å². The maximum absolute atomic E-state index is 13.3. The van der Waals surface area contributed by atoms with Crippen molar-refractivity contribution in [2.24, 2.45) is 5.10 Å². The Labute approximate surface area is 183 Å². The number of anilines is 1. The van der Waals surface area contributed by atoms with E-state index < -0.39 is 0 Å². The van der Waals surface area contributed by atoms with Gasteiger partial charge in [-0.15, -0.1) is 0 Å². The Hall–Kier alpha value is -4.46. The highest BCUT2D eigenvalue weighted by Crippen LogP contribution is 2.29. The summed E-state index contributed by atoms with van der Waals surface area (Å²) in [5.41, 5.74) is 6.92. The molecule has 0 aliphatic carbocycles. The molecular formula is C24H19FN6O. The van der Waals surface area contributed by atoms with Crippen molar-refractivity contribution in [3.8, 4) is 17.3 Å². The maximum atomic E-state index is 13.3. The van der Waals surface area contributed by atoms with Gasteiger partial charge in [0, 0.05) is 0 Å². The predicted molar refractivity (Wildman–Crippen MR) is 122 cm³/mol. The van der Waals surface area contributed by atoms with E-state index in [0.29, 0.717) is 23.1 Å². The van der Waals surface area contributed by atoms with E-state index in [1.807, 2.05) is 61.5 Å². The van der Waals surface area contributed by atoms with Crippen LogP contribution in [0.3, 0.4) is 0 Å². The molecule has 5 aromatic rings. The molecule has 5 rings (SSSR count). The number of nitrogens with zero attached hydrogens (tertiary/aromatic N) is 4. The van der Waals surface area contributed by atoms with Gasteiger partial charge in [0.2, 0.25) is 11.8 Å². The van der Waals surface area contributed by atoms with Crippen molar-refractivity contribution in [2.75, 3.05) is 5.43 Å². The molecule has 0 amide bonds. The lowest BCUT2D eigenvalue weighted by molar-refractivity contribution is 0.442. The van der Waals surface area contributed by atoms with Gasteiger partial charge >= 0.3 is 0 Å². The van der Waals surface area contributed by atoms with Crippen LogP contribution in [0.2, 0.25) is 0 Å². The van der Waals surface area contributed by atoms with Gasteiger partial charge in [-0.3, -0.25) is 0 Å². The van der Waals surface area contributed by atoms with Gasteiger partial charge in [-0.05, 0) is 55.5 Å². The summed E-state index contributed by atoms with van der Waals surface area (Å²) in [6, 6.07) is 23.2. The van der Waals surface area contributed by atoms with Crippen LogP contribution < -0.4 is 10.2 Å². The Bertz CT molecular complexity index is 1360. The average molecular weight is 426 g/mol. The van der Waals surface area contributed by atoms with E-state index in [2.05, 4.69) is 25.6 Å². The Morgan fingerprint density at radius 2 is 1.75 bits per heavy atom. The second-order valence-corrected chi connectivity index (χ2v) is 7.08. The van der Waals surface area contributed by atoms with E-state index in [1.165, 1.54) is 12.1 Å². The third-order valence-electron chi connectivity index (χ3n) is 4.84. The van der Waals surface area contributed by atoms with Crippen LogP contribution in [0.4, 0.5) is 10.3 Å². The second-order valence-electron chi connectivity index (χ2n) is 7.08. The van der Waals surface area contributed by atoms with E-state index in [9.17, 15) is 4.39 Å². The van der Waals surface area contributed by atoms with Gasteiger partial charge in [-0.1, -0.05) is 30.3 Å². The van der Waals surface area contributed by atoms with Crippen LogP contribution in [0.15, 0.2) is 84.0 Å². The molecule has 8 heteroatoms. The number of fused-ring (bicyclic) bond motifs is 1. The van der Waals surface area contributed by atoms with Crippen LogP contribution in [0, 0.1) is 12.7 Å². The minimum absolute atomic E-state index is 0.332. The van der Waals surface area contributed by atoms with Crippen LogP contribution in [0.25, 0.3) is 16.7 Å². The van der Waals surface area contributed by atoms with Gasteiger partial charge in [-0.2, -0.15) is 14.9 Å². The first-order valence-electron chi connectivity index (χ1n) is 10.00. The Kier molecular flexibility index (Phi) is 5.09. The summed E-state index contributed by atoms with van der Waals surface area (Å²) in [5, 5.41) is 8.96. The zero-order chi connectivity index (χ0) is 21.9. The number of benzene rings is 3. The number of nitrogens with one attached hydrogen (secondary N) is 2. The number of aryl methyl sites for hydroxylation is 1. The van der Waals surface area contributed by atoms with E-state index >= 15 is 0 Å². The molecular weight excluding hydrogens is 407 g/mol. The van der Waals surface area contributed by atoms with Crippen molar-refractivity contribution in [3.05, 3.63) is 95.9 Å². The lowest BCUT2D eigenvalue weighted by atomic mass is 10.2.